The quantitative estimate of drug-likeness (QED) is 0.198. The summed E-state index contributed by atoms with van der Waals surface area (Å²) >= 11 is 0. The summed E-state index contributed by atoms with van der Waals surface area (Å²) in [6.07, 6.45) is 0.430. The van der Waals surface area contributed by atoms with Crippen molar-refractivity contribution in [1.82, 2.24) is 15.7 Å². The van der Waals surface area contributed by atoms with Crippen LogP contribution in [0.15, 0.2) is 81.9 Å². The molecule has 19 nitrogen and oxygen atoms in total. The minimum absolute atomic E-state index is 0. The average molecular weight is 640 g/mol. The summed E-state index contributed by atoms with van der Waals surface area (Å²) in [7, 11) is -3.81. The van der Waals surface area contributed by atoms with Gasteiger partial charge in [0.25, 0.3) is 17.3 Å². The smallest absolute Gasteiger partial charge is 0.294 e. The molecule has 1 amide bonds. The van der Waals surface area contributed by atoms with E-state index >= 15 is 0 Å². The van der Waals surface area contributed by atoms with Gasteiger partial charge >= 0.3 is 0 Å². The van der Waals surface area contributed by atoms with Crippen LogP contribution < -0.4 is 10.7 Å². The van der Waals surface area contributed by atoms with Crippen molar-refractivity contribution in [1.29, 1.82) is 0 Å². The maximum absolute atomic E-state index is 13.1. The highest BCUT2D eigenvalue weighted by Gasteiger charge is 2.42. The lowest BCUT2D eigenvalue weighted by molar-refractivity contribution is -0.415. The molecule has 4 rings (SSSR count). The number of amidine groups is 1. The Morgan fingerprint density at radius 2 is 1.40 bits per heavy atom. The molecule has 4 N–H and O–H groups in total. The number of benzene rings is 1. The van der Waals surface area contributed by atoms with Crippen LogP contribution in [0, 0.1) is 20.2 Å². The first-order valence-electron chi connectivity index (χ1n) is 11.5. The minimum Gasteiger partial charge on any atom is -0.494 e. The lowest BCUT2D eigenvalue weighted by Crippen LogP contribution is -2.47. The fourth-order valence-corrected chi connectivity index (χ4v) is 5.13. The summed E-state index contributed by atoms with van der Waals surface area (Å²) in [6.45, 7) is 0. The summed E-state index contributed by atoms with van der Waals surface area (Å²) in [5.41, 5.74) is 1.28. The van der Waals surface area contributed by atoms with E-state index in [0.29, 0.717) is 5.69 Å². The molecule has 1 aromatic rings. The van der Waals surface area contributed by atoms with E-state index in [0.717, 1.165) is 36.6 Å². The topological polar surface area (TPSA) is 264 Å². The van der Waals surface area contributed by atoms with E-state index in [4.69, 9.17) is 9.47 Å². The number of amides is 1. The number of nitrogens with one attached hydrogen (secondary N) is 2. The number of ether oxygens (including phenoxy) is 2. The first-order chi connectivity index (χ1) is 20.0. The second-order valence-corrected chi connectivity index (χ2v) is 10.2. The van der Waals surface area contributed by atoms with Gasteiger partial charge in [-0.3, -0.25) is 30.4 Å². The molecular formula is C22H21N7O12S2. The Hall–Kier alpha value is -5.54. The fraction of sp³-hybridized carbons (Fsp3) is 0.182. The molecule has 1 aromatic carbocycles. The molecule has 2 aliphatic carbocycles. The molecule has 1 heterocycles. The SMILES string of the molecule is COC1=C(N2N=C(C(=O)Nc3ccccc3)NN2C2=C(OC)C=C([N+](=O)[O-])C(=S(=O)=O)C2)CC(=S(=O)=O)C([N+](=O)[O-])=C1.O. The number of hydrazone groups is 1. The Bertz CT molecular complexity index is 1830. The molecule has 0 fully saturated rings. The zero-order valence-corrected chi connectivity index (χ0v) is 23.6. The van der Waals surface area contributed by atoms with Gasteiger partial charge in [-0.1, -0.05) is 18.2 Å². The summed E-state index contributed by atoms with van der Waals surface area (Å²) in [4.78, 5) is 33.2. The van der Waals surface area contributed by atoms with Crippen molar-refractivity contribution >= 4 is 47.7 Å². The number of hydrogen-bond acceptors (Lipinski definition) is 15. The van der Waals surface area contributed by atoms with Crippen LogP contribution in [-0.4, -0.2) is 78.1 Å². The van der Waals surface area contributed by atoms with Crippen LogP contribution >= 0.6 is 0 Å². The van der Waals surface area contributed by atoms with Crippen LogP contribution in [0.25, 0.3) is 0 Å². The van der Waals surface area contributed by atoms with E-state index in [1.807, 2.05) is 0 Å². The number of carbonyl (C=O) groups is 1. The molecule has 3 aliphatic rings. The number of hydrogen-bond donors (Lipinski definition) is 2. The van der Waals surface area contributed by atoms with Crippen LogP contribution in [0.5, 0.6) is 0 Å². The van der Waals surface area contributed by atoms with Gasteiger partial charge in [0.1, 0.15) is 22.9 Å². The maximum atomic E-state index is 13.1. The molecule has 0 saturated heterocycles. The maximum Gasteiger partial charge on any atom is 0.294 e. The number of carbonyl (C=O) groups excluding carboxylic acids is 1. The second-order valence-electron chi connectivity index (χ2n) is 8.25. The van der Waals surface area contributed by atoms with Crippen molar-refractivity contribution in [2.45, 2.75) is 12.8 Å². The van der Waals surface area contributed by atoms with Crippen molar-refractivity contribution in [2.75, 3.05) is 19.5 Å². The van der Waals surface area contributed by atoms with Gasteiger partial charge in [0.2, 0.25) is 26.4 Å². The third-order valence-electron chi connectivity index (χ3n) is 5.91. The Morgan fingerprint density at radius 3 is 1.86 bits per heavy atom. The standard InChI is InChI=1S/C22H19N7O11S2.H2O/c1-39-17-8-15(28(31)32)19(41(35)36)10-13(17)26-24-21(22(30)23-12-6-4-3-5-7-12)25-27(26)14-11-20(42(37)38)16(29(33)34)9-18(14)40-2;/h3-9H,10-11H2,1-2H3,(H,23,30)(H,24,25);1H2. The molecule has 0 aromatic heterocycles. The molecule has 0 spiro atoms. The molecule has 1 aliphatic heterocycles. The summed E-state index contributed by atoms with van der Waals surface area (Å²) in [5, 5.41) is 31.8. The van der Waals surface area contributed by atoms with E-state index in [1.54, 1.807) is 30.3 Å². The highest BCUT2D eigenvalue weighted by atomic mass is 32.2. The zero-order valence-electron chi connectivity index (χ0n) is 22.0. The minimum atomic E-state index is -3.06. The summed E-state index contributed by atoms with van der Waals surface area (Å²) in [6, 6.07) is 8.22. The molecule has 0 radical (unpaired) electrons. The highest BCUT2D eigenvalue weighted by Crippen LogP contribution is 2.34. The molecule has 0 atom stereocenters. The fourth-order valence-electron chi connectivity index (χ4n) is 4.02. The summed E-state index contributed by atoms with van der Waals surface area (Å²) < 4.78 is 58.3. The van der Waals surface area contributed by atoms with Crippen LogP contribution in [-0.2, 0) is 34.9 Å². The molecule has 21 heteroatoms. The Kier molecular flexibility index (Phi) is 9.64. The van der Waals surface area contributed by atoms with Gasteiger partial charge in [0.05, 0.1) is 36.2 Å². The number of nitrogens with zero attached hydrogens (tertiary/aromatic N) is 5. The Morgan fingerprint density at radius 1 is 0.907 bits per heavy atom. The first-order valence-corrected chi connectivity index (χ1v) is 13.6. The van der Waals surface area contributed by atoms with E-state index in [-0.39, 0.29) is 28.4 Å². The predicted octanol–water partition coefficient (Wildman–Crippen LogP) is -0.901. The van der Waals surface area contributed by atoms with Crippen molar-refractivity contribution in [2.24, 2.45) is 5.10 Å². The number of anilines is 1. The van der Waals surface area contributed by atoms with Crippen molar-refractivity contribution < 1.29 is 46.4 Å². The Labute approximate surface area is 244 Å². The van der Waals surface area contributed by atoms with Gasteiger partial charge in [-0.05, 0) is 12.1 Å². The largest absolute Gasteiger partial charge is 0.494 e. The van der Waals surface area contributed by atoms with Gasteiger partial charge < -0.3 is 20.3 Å². The second kappa shape index (κ2) is 13.0. The van der Waals surface area contributed by atoms with Crippen LogP contribution in [0.1, 0.15) is 12.8 Å². The van der Waals surface area contributed by atoms with E-state index in [2.05, 4.69) is 15.8 Å². The van der Waals surface area contributed by atoms with Crippen molar-refractivity contribution in [3.63, 3.8) is 0 Å². The molecule has 43 heavy (non-hydrogen) atoms. The molecule has 0 unspecified atom stereocenters. The molecule has 0 saturated carbocycles. The lowest BCUT2D eigenvalue weighted by atomic mass is 10.1. The molecule has 228 valence electrons. The predicted molar refractivity (Wildman–Crippen MR) is 148 cm³/mol. The number of hydrazine groups is 2. The van der Waals surface area contributed by atoms with Gasteiger partial charge in [-0.25, -0.2) is 0 Å². The third-order valence-corrected chi connectivity index (χ3v) is 7.42. The number of allylic oxidation sites excluding steroid dienone is 6. The van der Waals surface area contributed by atoms with Gasteiger partial charge in [-0.2, -0.15) is 27.1 Å². The third kappa shape index (κ3) is 6.37. The van der Waals surface area contributed by atoms with Crippen molar-refractivity contribution in [3.05, 3.63) is 97.0 Å². The monoisotopic (exact) mass is 639 g/mol. The van der Waals surface area contributed by atoms with E-state index in [9.17, 15) is 41.9 Å². The van der Waals surface area contributed by atoms with Gasteiger partial charge in [0, 0.05) is 18.5 Å². The zero-order chi connectivity index (χ0) is 30.7. The Balaban J connectivity index is 0.00000506. The summed E-state index contributed by atoms with van der Waals surface area (Å²) in [5.74, 6) is -1.62. The number of nitro groups is 2. The molecule has 0 bridgehead atoms. The van der Waals surface area contributed by atoms with E-state index < -0.39 is 76.1 Å². The van der Waals surface area contributed by atoms with E-state index in [1.165, 1.54) is 0 Å². The van der Waals surface area contributed by atoms with Gasteiger partial charge in [-0.15, -0.1) is 5.10 Å². The van der Waals surface area contributed by atoms with Crippen LogP contribution in [0.4, 0.5) is 5.69 Å². The van der Waals surface area contributed by atoms with Crippen LogP contribution in [0.3, 0.4) is 0 Å². The lowest BCUT2D eigenvalue weighted by Gasteiger charge is -2.33. The number of methoxy groups -OCH3 is 2. The normalized spacial score (nSPS) is 16.4. The van der Waals surface area contributed by atoms with Crippen molar-refractivity contribution in [3.8, 4) is 0 Å². The molecular weight excluding hydrogens is 618 g/mol. The van der Waals surface area contributed by atoms with Gasteiger partial charge in [0.15, 0.2) is 9.73 Å². The first kappa shape index (κ1) is 32.0. The number of rotatable bonds is 8. The van der Waals surface area contributed by atoms with Crippen LogP contribution in [0.2, 0.25) is 0 Å². The number of para-hydroxylation sites is 1. The highest BCUT2D eigenvalue weighted by molar-refractivity contribution is 7.73. The average Bonchev–Trinajstić information content (AvgIpc) is 3.41.